The van der Waals surface area contributed by atoms with Crippen LogP contribution in [0.5, 0.6) is 0 Å². The molecule has 1 heterocycles. The van der Waals surface area contributed by atoms with E-state index in [1.54, 1.807) is 11.3 Å². The molecule has 0 saturated heterocycles. The Labute approximate surface area is 143 Å². The third-order valence-corrected chi connectivity index (χ3v) is 3.53. The molecule has 0 unspecified atom stereocenters. The molecule has 0 atom stereocenters. The number of thiazole rings is 1. The van der Waals surface area contributed by atoms with E-state index < -0.39 is 0 Å². The molecule has 4 nitrogen and oxygen atoms in total. The summed E-state index contributed by atoms with van der Waals surface area (Å²) in [5.41, 5.74) is 1.13. The summed E-state index contributed by atoms with van der Waals surface area (Å²) in [5.74, 6) is 0.919. The first-order chi connectivity index (χ1) is 9.11. The summed E-state index contributed by atoms with van der Waals surface area (Å²) >= 11 is 1.76. The number of aliphatic imine (C=N–C) groups is 1. The summed E-state index contributed by atoms with van der Waals surface area (Å²) in [4.78, 5) is 9.04. The Balaban J connectivity index is 0.00000361. The fourth-order valence-corrected chi connectivity index (χ4v) is 2.51. The molecular formula is C14H27IN4S. The summed E-state index contributed by atoms with van der Waals surface area (Å²) in [6.45, 7) is 10.1. The lowest BCUT2D eigenvalue weighted by atomic mass is 10.2. The van der Waals surface area contributed by atoms with Crippen molar-refractivity contribution < 1.29 is 0 Å². The second-order valence-electron chi connectivity index (χ2n) is 4.90. The van der Waals surface area contributed by atoms with Crippen molar-refractivity contribution in [3.8, 4) is 0 Å². The second kappa shape index (κ2) is 11.3. The maximum Gasteiger partial charge on any atom is 0.191 e. The third-order valence-electron chi connectivity index (χ3n) is 2.50. The molecule has 1 aromatic rings. The van der Waals surface area contributed by atoms with Crippen LogP contribution in [0, 0.1) is 6.92 Å². The standard InChI is InChI=1S/C14H26N4S.HI/c1-5-15-14(17-11(2)3)16-9-7-6-8-13-18-12(4)10-19-13;/h10-11H,5-9H2,1-4H3,(H2,15,16,17);1H. The van der Waals surface area contributed by atoms with Gasteiger partial charge in [-0.05, 0) is 47.0 Å². The molecule has 0 bridgehead atoms. The third kappa shape index (κ3) is 8.73. The molecule has 1 rings (SSSR count). The summed E-state index contributed by atoms with van der Waals surface area (Å²) in [7, 11) is 0. The first-order valence-corrected chi connectivity index (χ1v) is 7.95. The molecule has 20 heavy (non-hydrogen) atoms. The van der Waals surface area contributed by atoms with E-state index in [0.717, 1.165) is 44.0 Å². The average Bonchev–Trinajstić information content (AvgIpc) is 2.74. The van der Waals surface area contributed by atoms with Crippen molar-refractivity contribution in [1.29, 1.82) is 0 Å². The predicted octanol–water partition coefficient (Wildman–Crippen LogP) is 3.36. The Kier molecular flexibility index (Phi) is 11.1. The van der Waals surface area contributed by atoms with E-state index in [4.69, 9.17) is 0 Å². The molecule has 0 fully saturated rings. The molecule has 0 spiro atoms. The van der Waals surface area contributed by atoms with Gasteiger partial charge in [0.1, 0.15) is 0 Å². The number of rotatable bonds is 7. The quantitative estimate of drug-likeness (QED) is 0.314. The Morgan fingerprint density at radius 3 is 2.70 bits per heavy atom. The Bertz CT molecular complexity index is 390. The van der Waals surface area contributed by atoms with Gasteiger partial charge in [0.2, 0.25) is 0 Å². The van der Waals surface area contributed by atoms with Crippen LogP contribution in [0.2, 0.25) is 0 Å². The van der Waals surface area contributed by atoms with Gasteiger partial charge in [-0.25, -0.2) is 4.98 Å². The van der Waals surface area contributed by atoms with Crippen molar-refractivity contribution in [2.24, 2.45) is 4.99 Å². The second-order valence-corrected chi connectivity index (χ2v) is 5.84. The van der Waals surface area contributed by atoms with Crippen LogP contribution in [-0.2, 0) is 6.42 Å². The topological polar surface area (TPSA) is 49.3 Å². The molecule has 0 aliphatic heterocycles. The largest absolute Gasteiger partial charge is 0.357 e. The minimum absolute atomic E-state index is 0. The van der Waals surface area contributed by atoms with Crippen LogP contribution < -0.4 is 10.6 Å². The summed E-state index contributed by atoms with van der Waals surface area (Å²) in [5, 5.41) is 9.93. The van der Waals surface area contributed by atoms with Crippen LogP contribution in [0.25, 0.3) is 0 Å². The molecule has 0 saturated carbocycles. The van der Waals surface area contributed by atoms with Crippen molar-refractivity contribution in [1.82, 2.24) is 15.6 Å². The summed E-state index contributed by atoms with van der Waals surface area (Å²) < 4.78 is 0. The number of nitrogens with one attached hydrogen (secondary N) is 2. The number of halogens is 1. The Hall–Kier alpha value is -0.370. The lowest BCUT2D eigenvalue weighted by molar-refractivity contribution is 0.689. The minimum atomic E-state index is 0. The van der Waals surface area contributed by atoms with Gasteiger partial charge in [-0.15, -0.1) is 35.3 Å². The van der Waals surface area contributed by atoms with Crippen molar-refractivity contribution in [3.63, 3.8) is 0 Å². The molecule has 0 radical (unpaired) electrons. The molecular weight excluding hydrogens is 383 g/mol. The van der Waals surface area contributed by atoms with E-state index in [0.29, 0.717) is 6.04 Å². The van der Waals surface area contributed by atoms with Gasteiger partial charge in [0, 0.05) is 30.2 Å². The first-order valence-electron chi connectivity index (χ1n) is 7.07. The first kappa shape index (κ1) is 19.6. The average molecular weight is 410 g/mol. The van der Waals surface area contributed by atoms with Gasteiger partial charge >= 0.3 is 0 Å². The lowest BCUT2D eigenvalue weighted by Gasteiger charge is -2.13. The smallest absolute Gasteiger partial charge is 0.191 e. The van der Waals surface area contributed by atoms with Crippen LogP contribution in [0.4, 0.5) is 0 Å². The van der Waals surface area contributed by atoms with E-state index >= 15 is 0 Å². The maximum absolute atomic E-state index is 4.57. The SMILES string of the molecule is CCNC(=NCCCCc1nc(C)cs1)NC(C)C.I. The fraction of sp³-hybridized carbons (Fsp3) is 0.714. The van der Waals surface area contributed by atoms with Crippen LogP contribution in [0.3, 0.4) is 0 Å². The van der Waals surface area contributed by atoms with E-state index in [-0.39, 0.29) is 24.0 Å². The van der Waals surface area contributed by atoms with Crippen molar-refractivity contribution in [2.75, 3.05) is 13.1 Å². The number of guanidine groups is 1. The molecule has 0 amide bonds. The van der Waals surface area contributed by atoms with Gasteiger partial charge in [-0.1, -0.05) is 0 Å². The zero-order chi connectivity index (χ0) is 14.1. The van der Waals surface area contributed by atoms with Gasteiger partial charge in [0.25, 0.3) is 0 Å². The highest BCUT2D eigenvalue weighted by molar-refractivity contribution is 14.0. The van der Waals surface area contributed by atoms with Crippen molar-refractivity contribution in [2.45, 2.75) is 53.0 Å². The zero-order valence-corrected chi connectivity index (χ0v) is 16.0. The highest BCUT2D eigenvalue weighted by Gasteiger charge is 2.00. The lowest BCUT2D eigenvalue weighted by Crippen LogP contribution is -2.41. The van der Waals surface area contributed by atoms with Gasteiger partial charge in [0.15, 0.2) is 5.96 Å². The number of hydrogen-bond acceptors (Lipinski definition) is 3. The van der Waals surface area contributed by atoms with E-state index in [1.165, 1.54) is 5.01 Å². The van der Waals surface area contributed by atoms with E-state index in [2.05, 4.69) is 46.8 Å². The zero-order valence-electron chi connectivity index (χ0n) is 12.9. The molecule has 2 N–H and O–H groups in total. The predicted molar refractivity (Wildman–Crippen MR) is 99.5 cm³/mol. The summed E-state index contributed by atoms with van der Waals surface area (Å²) in [6, 6.07) is 0.413. The van der Waals surface area contributed by atoms with Crippen LogP contribution in [-0.4, -0.2) is 30.1 Å². The Morgan fingerprint density at radius 2 is 2.15 bits per heavy atom. The van der Waals surface area contributed by atoms with Gasteiger partial charge in [0.05, 0.1) is 5.01 Å². The molecule has 116 valence electrons. The number of aromatic nitrogens is 1. The van der Waals surface area contributed by atoms with E-state index in [9.17, 15) is 0 Å². The molecule has 0 aliphatic rings. The van der Waals surface area contributed by atoms with E-state index in [1.807, 2.05) is 6.92 Å². The van der Waals surface area contributed by atoms with Gasteiger partial charge in [-0.3, -0.25) is 4.99 Å². The van der Waals surface area contributed by atoms with Gasteiger partial charge in [-0.2, -0.15) is 0 Å². The van der Waals surface area contributed by atoms with Crippen LogP contribution in [0.1, 0.15) is 44.3 Å². The summed E-state index contributed by atoms with van der Waals surface area (Å²) in [6.07, 6.45) is 3.33. The molecule has 1 aromatic heterocycles. The maximum atomic E-state index is 4.57. The van der Waals surface area contributed by atoms with Crippen LogP contribution in [0.15, 0.2) is 10.4 Å². The number of hydrogen-bond donors (Lipinski definition) is 2. The van der Waals surface area contributed by atoms with Crippen molar-refractivity contribution in [3.05, 3.63) is 16.1 Å². The normalized spacial score (nSPS) is 11.3. The van der Waals surface area contributed by atoms with Gasteiger partial charge < -0.3 is 10.6 Å². The minimum Gasteiger partial charge on any atom is -0.357 e. The monoisotopic (exact) mass is 410 g/mol. The number of aryl methyl sites for hydroxylation is 2. The Morgan fingerprint density at radius 1 is 1.40 bits per heavy atom. The van der Waals surface area contributed by atoms with Crippen LogP contribution >= 0.6 is 35.3 Å². The number of unbranched alkanes of at least 4 members (excludes halogenated alkanes) is 1. The molecule has 6 heteroatoms. The fourth-order valence-electron chi connectivity index (χ4n) is 1.69. The highest BCUT2D eigenvalue weighted by Crippen LogP contribution is 2.11. The molecule has 0 aliphatic carbocycles. The molecule has 0 aromatic carbocycles. The number of nitrogens with zero attached hydrogens (tertiary/aromatic N) is 2. The highest BCUT2D eigenvalue weighted by atomic mass is 127. The van der Waals surface area contributed by atoms with Crippen molar-refractivity contribution >= 4 is 41.3 Å².